The summed E-state index contributed by atoms with van der Waals surface area (Å²) in [6.45, 7) is 5.53. The maximum atomic E-state index is 15.4. The van der Waals surface area contributed by atoms with Crippen molar-refractivity contribution in [1.29, 1.82) is 0 Å². The van der Waals surface area contributed by atoms with Gasteiger partial charge in [-0.1, -0.05) is 43.3 Å². The second-order valence-electron chi connectivity index (χ2n) is 16.5. The lowest BCUT2D eigenvalue weighted by Crippen LogP contribution is -2.40. The van der Waals surface area contributed by atoms with Gasteiger partial charge < -0.3 is 15.2 Å². The number of nitrogens with two attached hydrogens (primary N) is 1. The van der Waals surface area contributed by atoms with Crippen LogP contribution >= 0.6 is 10.7 Å². The molecule has 4 aromatic carbocycles. The molecule has 2 fully saturated rings. The molecular weight excluding hydrogens is 1040 g/mol. The number of alkyl halides is 9. The van der Waals surface area contributed by atoms with Crippen LogP contribution in [0.15, 0.2) is 97.1 Å². The second kappa shape index (κ2) is 21.0. The molecule has 0 aliphatic heterocycles. The fourth-order valence-electron chi connectivity index (χ4n) is 7.11. The predicted octanol–water partition coefficient (Wildman–Crippen LogP) is 12.0. The van der Waals surface area contributed by atoms with E-state index in [4.69, 9.17) is 15.2 Å². The fourth-order valence-corrected chi connectivity index (χ4v) is 8.53. The number of ether oxygens (including phenoxy) is 2. The summed E-state index contributed by atoms with van der Waals surface area (Å²) in [5.41, 5.74) is 5.31. The molecule has 26 heteroatoms. The zero-order valence-corrected chi connectivity index (χ0v) is 40.5. The van der Waals surface area contributed by atoms with Crippen LogP contribution in [0, 0.1) is 11.6 Å². The van der Waals surface area contributed by atoms with Crippen molar-refractivity contribution < 1.29 is 74.6 Å². The number of aromatic nitrogens is 4. The van der Waals surface area contributed by atoms with E-state index in [1.54, 1.807) is 13.0 Å². The zero-order chi connectivity index (χ0) is 53.2. The molecule has 390 valence electrons. The smallest absolute Gasteiger partial charge is 0.416 e. The highest BCUT2D eigenvalue weighted by Gasteiger charge is 2.49. The van der Waals surface area contributed by atoms with Gasteiger partial charge in [0, 0.05) is 40.4 Å². The van der Waals surface area contributed by atoms with E-state index < -0.39 is 77.5 Å². The van der Waals surface area contributed by atoms with E-state index in [-0.39, 0.29) is 65.0 Å². The van der Waals surface area contributed by atoms with E-state index in [0.29, 0.717) is 17.7 Å². The molecule has 0 spiro atoms. The molecule has 0 radical (unpaired) electrons. The summed E-state index contributed by atoms with van der Waals surface area (Å²) in [6.07, 6.45) is -11.6. The summed E-state index contributed by atoms with van der Waals surface area (Å²) in [4.78, 5) is 0. The summed E-state index contributed by atoms with van der Waals surface area (Å²) >= 11 is 0. The summed E-state index contributed by atoms with van der Waals surface area (Å²) in [5, 5.41) is 8.18. The molecule has 0 atom stereocenters. The third-order valence-electron chi connectivity index (χ3n) is 11.1. The number of sulfonamides is 1. The van der Waals surface area contributed by atoms with Crippen molar-refractivity contribution in [2.24, 2.45) is 5.73 Å². The largest absolute Gasteiger partial charge is 0.435 e. The van der Waals surface area contributed by atoms with Gasteiger partial charge >= 0.3 is 18.5 Å². The van der Waals surface area contributed by atoms with E-state index in [1.807, 2.05) is 25.1 Å². The Bertz CT molecular complexity index is 3100. The van der Waals surface area contributed by atoms with Gasteiger partial charge in [-0.2, -0.15) is 48.3 Å². The molecule has 0 bridgehead atoms. The van der Waals surface area contributed by atoms with Crippen LogP contribution in [-0.4, -0.2) is 54.1 Å². The highest BCUT2D eigenvalue weighted by Crippen LogP contribution is 2.48. The molecule has 2 aliphatic rings. The van der Waals surface area contributed by atoms with E-state index in [1.165, 1.54) is 40.6 Å². The topological polar surface area (TPSA) is 160 Å². The van der Waals surface area contributed by atoms with Crippen LogP contribution < -0.4 is 19.9 Å². The molecule has 0 saturated heterocycles. The molecule has 8 rings (SSSR count). The Morgan fingerprint density at radius 1 is 0.639 bits per heavy atom. The second-order valence-corrected chi connectivity index (χ2v) is 21.3. The number of benzene rings is 4. The molecule has 3 N–H and O–H groups in total. The van der Waals surface area contributed by atoms with Crippen LogP contribution in [-0.2, 0) is 55.6 Å². The molecule has 0 amide bonds. The van der Waals surface area contributed by atoms with Gasteiger partial charge in [0.25, 0.3) is 11.8 Å². The lowest BCUT2D eigenvalue weighted by molar-refractivity contribution is -0.138. The van der Waals surface area contributed by atoms with Crippen molar-refractivity contribution in [1.82, 2.24) is 24.3 Å². The first kappa shape index (κ1) is 55.6. The molecule has 2 saturated carbocycles. The minimum atomic E-state index is -4.91. The molecule has 6 aromatic rings. The summed E-state index contributed by atoms with van der Waals surface area (Å²) in [6, 6.07) is 21.0. The van der Waals surface area contributed by atoms with Gasteiger partial charge in [-0.25, -0.2) is 21.6 Å². The van der Waals surface area contributed by atoms with E-state index >= 15 is 8.78 Å². The van der Waals surface area contributed by atoms with Crippen LogP contribution in [0.4, 0.5) is 48.3 Å². The molecule has 2 heterocycles. The average molecular weight is 1090 g/mol. The normalized spacial score (nSPS) is 15.2. The first-order valence-corrected chi connectivity index (χ1v) is 25.8. The highest BCUT2D eigenvalue weighted by molar-refractivity contribution is 8.13. The molecule has 0 unspecified atom stereocenters. The highest BCUT2D eigenvalue weighted by atomic mass is 35.7. The van der Waals surface area contributed by atoms with E-state index in [0.717, 1.165) is 66.9 Å². The fraction of sp³-hybridized carbons (Fsp3) is 0.348. The van der Waals surface area contributed by atoms with Crippen molar-refractivity contribution in [3.63, 3.8) is 0 Å². The monoisotopic (exact) mass is 1080 g/mol. The lowest BCUT2D eigenvalue weighted by atomic mass is 10.0. The van der Waals surface area contributed by atoms with Crippen molar-refractivity contribution >= 4 is 29.8 Å². The summed E-state index contributed by atoms with van der Waals surface area (Å²) in [5.74, 6) is -4.40. The number of aryl methyl sites for hydroxylation is 2. The van der Waals surface area contributed by atoms with Crippen molar-refractivity contribution in [3.8, 4) is 45.8 Å². The Morgan fingerprint density at radius 2 is 1.03 bits per heavy atom. The first-order valence-electron chi connectivity index (χ1n) is 21.6. The standard InChI is InChI=1S/C23H20F7N3O3S.C21H19F4N3O.C2H5ClO2S/c1-2-33-19(18(24)20(31-33)36-17-8-6-15(7-9-17)23(28,29)30)14-4-3-5-16(12-14)21(10-11-21)32-37(34,35)13-22(25,26)27;1-2-28-18(13-4-3-5-15(12-13)20(26)10-11-20)17(22)19(27-28)29-16-8-6-14(7-9-16)21(23,24)25;1-2-6(3,4)5/h3-9,12,32H,2,10-11,13H2,1H3;3-9,12H,2,10-11,26H2,1H3;2H2,1H3. The lowest BCUT2D eigenvalue weighted by Gasteiger charge is -2.19. The number of hydrogen-bond acceptors (Lipinski definition) is 9. The minimum absolute atomic E-state index is 0.00849. The summed E-state index contributed by atoms with van der Waals surface area (Å²) in [7, 11) is -3.18. The van der Waals surface area contributed by atoms with Gasteiger partial charge in [0.05, 0.1) is 22.4 Å². The van der Waals surface area contributed by atoms with Gasteiger partial charge in [-0.3, -0.25) is 9.36 Å². The van der Waals surface area contributed by atoms with E-state index in [9.17, 15) is 56.3 Å². The molecule has 2 aliphatic carbocycles. The molecule has 72 heavy (non-hydrogen) atoms. The van der Waals surface area contributed by atoms with Crippen LogP contribution in [0.3, 0.4) is 0 Å². The average Bonchev–Trinajstić information content (AvgIpc) is 4.20. The van der Waals surface area contributed by atoms with E-state index in [2.05, 4.69) is 25.6 Å². The molecular formula is C46H44ClF11N6O6S2. The summed E-state index contributed by atoms with van der Waals surface area (Å²) < 4.78 is 204. The van der Waals surface area contributed by atoms with Gasteiger partial charge in [0.1, 0.15) is 22.9 Å². The van der Waals surface area contributed by atoms with Crippen molar-refractivity contribution in [3.05, 3.63) is 131 Å². The Balaban J connectivity index is 0.000000216. The van der Waals surface area contributed by atoms with Crippen molar-refractivity contribution in [2.45, 2.75) is 89.2 Å². The first-order chi connectivity index (χ1) is 33.4. The number of halogens is 12. The Kier molecular flexibility index (Phi) is 16.2. The Labute approximate surface area is 410 Å². The minimum Gasteiger partial charge on any atom is -0.435 e. The number of rotatable bonds is 14. The van der Waals surface area contributed by atoms with Crippen LogP contribution in [0.1, 0.15) is 68.7 Å². The zero-order valence-electron chi connectivity index (χ0n) is 38.1. The van der Waals surface area contributed by atoms with Gasteiger partial charge in [0.15, 0.2) is 5.75 Å². The maximum absolute atomic E-state index is 15.4. The molecule has 2 aromatic heterocycles. The number of nitrogens with one attached hydrogen (secondary N) is 1. The number of hydrogen-bond donors (Lipinski definition) is 2. The Morgan fingerprint density at radius 3 is 1.36 bits per heavy atom. The Hall–Kier alpha value is -5.76. The van der Waals surface area contributed by atoms with Crippen LogP contribution in [0.5, 0.6) is 23.3 Å². The van der Waals surface area contributed by atoms with Gasteiger partial charge in [-0.15, -0.1) is 10.2 Å². The maximum Gasteiger partial charge on any atom is 0.416 e. The van der Waals surface area contributed by atoms with Gasteiger partial charge in [-0.05, 0) is 111 Å². The third kappa shape index (κ3) is 14.0. The molecule has 12 nitrogen and oxygen atoms in total. The third-order valence-corrected chi connectivity index (χ3v) is 13.9. The quantitative estimate of drug-likeness (QED) is 0.0799. The van der Waals surface area contributed by atoms with Gasteiger partial charge in [0.2, 0.25) is 30.7 Å². The van der Waals surface area contributed by atoms with Crippen LogP contribution in [0.25, 0.3) is 22.5 Å². The number of nitrogens with zero attached hydrogens (tertiary/aromatic N) is 4. The van der Waals surface area contributed by atoms with Crippen LogP contribution in [0.2, 0.25) is 0 Å². The predicted molar refractivity (Wildman–Crippen MR) is 244 cm³/mol. The van der Waals surface area contributed by atoms with Crippen molar-refractivity contribution in [2.75, 3.05) is 11.5 Å². The SMILES string of the molecule is CCS(=O)(=O)Cl.CCn1nc(Oc2ccc(C(F)(F)F)cc2)c(F)c1-c1cccc(C2(N)CC2)c1.CCn1nc(Oc2ccc(C(F)(F)F)cc2)c(F)c1-c1cccc(C2(NS(=O)(=O)CC(F)(F)F)CC2)c1.